The molecule has 0 rings (SSSR count). The standard InChI is InChI=1S/C61H98O6/c1-4-7-10-13-16-19-22-25-28-30-31-32-34-36-39-42-45-48-51-54-60(63)66-57-58(56-65-59(62)53-50-47-44-41-38-35-27-24-21-18-15-12-9-6-3)67-61(64)55-52-49-46-43-40-37-33-29-26-23-20-17-14-11-8-5-2/h7,9-10,12,16,18-19,21,25,28-29,31-33,36-37,39-40,45,48,58H,4-6,8,11,13-15,17,20,22-24,26-27,30,34-35,38,41-44,46-47,49-57H2,1-3H3/b10-7-,12-9-,19-16-,21-18-,28-25-,32-31-,33-29-,39-36-,40-37-,48-45-. The summed E-state index contributed by atoms with van der Waals surface area (Å²) in [6.45, 7) is 6.31. The molecule has 0 heterocycles. The van der Waals surface area contributed by atoms with Gasteiger partial charge < -0.3 is 14.2 Å². The third-order valence-corrected chi connectivity index (χ3v) is 11.0. The van der Waals surface area contributed by atoms with Crippen molar-refractivity contribution in [2.45, 2.75) is 232 Å². The van der Waals surface area contributed by atoms with Gasteiger partial charge in [-0.15, -0.1) is 0 Å². The molecule has 0 fully saturated rings. The molecule has 1 atom stereocenters. The van der Waals surface area contributed by atoms with Crippen molar-refractivity contribution in [3.63, 3.8) is 0 Å². The molecule has 0 aromatic rings. The monoisotopic (exact) mass is 927 g/mol. The van der Waals surface area contributed by atoms with Crippen molar-refractivity contribution in [1.82, 2.24) is 0 Å². The topological polar surface area (TPSA) is 78.9 Å². The second-order valence-electron chi connectivity index (χ2n) is 17.4. The average Bonchev–Trinajstić information content (AvgIpc) is 3.33. The molecule has 67 heavy (non-hydrogen) atoms. The molecular weight excluding hydrogens is 829 g/mol. The number of ether oxygens (including phenoxy) is 3. The molecule has 0 spiro atoms. The highest BCUT2D eigenvalue weighted by molar-refractivity contribution is 5.71. The molecule has 0 aromatic carbocycles. The molecule has 0 bridgehead atoms. The lowest BCUT2D eigenvalue weighted by atomic mass is 10.1. The van der Waals surface area contributed by atoms with E-state index in [9.17, 15) is 14.4 Å². The third kappa shape index (κ3) is 52.6. The van der Waals surface area contributed by atoms with Crippen molar-refractivity contribution in [1.29, 1.82) is 0 Å². The first-order valence-corrected chi connectivity index (χ1v) is 27.1. The van der Waals surface area contributed by atoms with Gasteiger partial charge in [-0.3, -0.25) is 14.4 Å². The number of hydrogen-bond acceptors (Lipinski definition) is 6. The summed E-state index contributed by atoms with van der Waals surface area (Å²) in [5, 5.41) is 0. The summed E-state index contributed by atoms with van der Waals surface area (Å²) < 4.78 is 16.7. The zero-order valence-corrected chi connectivity index (χ0v) is 43.1. The lowest BCUT2D eigenvalue weighted by molar-refractivity contribution is -0.166. The van der Waals surface area contributed by atoms with Crippen molar-refractivity contribution in [3.05, 3.63) is 122 Å². The van der Waals surface area contributed by atoms with Crippen molar-refractivity contribution in [3.8, 4) is 0 Å². The Morgan fingerprint density at radius 1 is 0.328 bits per heavy atom. The summed E-state index contributed by atoms with van der Waals surface area (Å²) in [4.78, 5) is 38.0. The highest BCUT2D eigenvalue weighted by Gasteiger charge is 2.19. The molecule has 1 unspecified atom stereocenters. The van der Waals surface area contributed by atoms with E-state index >= 15 is 0 Å². The minimum absolute atomic E-state index is 0.119. The summed E-state index contributed by atoms with van der Waals surface area (Å²) in [5.74, 6) is -1.05. The SMILES string of the molecule is CC/C=C\C/C=C\C/C=C\C/C=C\C/C=C\C/C=C\CCC(=O)OCC(COC(=O)CCCCCCCCC/C=C\C/C=C\CC)OC(=O)CCCCC/C=C\C=C/CCCCCCCCC. The summed E-state index contributed by atoms with van der Waals surface area (Å²) in [7, 11) is 0. The molecule has 378 valence electrons. The third-order valence-electron chi connectivity index (χ3n) is 11.0. The van der Waals surface area contributed by atoms with Gasteiger partial charge in [0.15, 0.2) is 6.10 Å². The second kappa shape index (κ2) is 54.4. The Balaban J connectivity index is 4.57. The zero-order valence-electron chi connectivity index (χ0n) is 43.1. The largest absolute Gasteiger partial charge is 0.462 e. The number of rotatable bonds is 47. The zero-order chi connectivity index (χ0) is 48.6. The van der Waals surface area contributed by atoms with Crippen LogP contribution >= 0.6 is 0 Å². The van der Waals surface area contributed by atoms with Crippen molar-refractivity contribution in [2.75, 3.05) is 13.2 Å². The highest BCUT2D eigenvalue weighted by Crippen LogP contribution is 2.13. The Labute approximate surface area is 412 Å². The van der Waals surface area contributed by atoms with Crippen LogP contribution < -0.4 is 0 Å². The summed E-state index contributed by atoms with van der Waals surface area (Å²) in [5.41, 5.74) is 0. The van der Waals surface area contributed by atoms with Crippen LogP contribution in [-0.4, -0.2) is 37.2 Å². The van der Waals surface area contributed by atoms with Crippen LogP contribution in [0.2, 0.25) is 0 Å². The number of unbranched alkanes of at least 4 members (excludes halogenated alkanes) is 17. The van der Waals surface area contributed by atoms with Gasteiger partial charge in [-0.25, -0.2) is 0 Å². The van der Waals surface area contributed by atoms with Gasteiger partial charge in [0.2, 0.25) is 0 Å². The van der Waals surface area contributed by atoms with E-state index in [1.807, 2.05) is 12.2 Å². The van der Waals surface area contributed by atoms with Gasteiger partial charge in [0, 0.05) is 19.3 Å². The van der Waals surface area contributed by atoms with Crippen LogP contribution in [0.25, 0.3) is 0 Å². The molecule has 0 saturated heterocycles. The van der Waals surface area contributed by atoms with Gasteiger partial charge in [-0.2, -0.15) is 0 Å². The van der Waals surface area contributed by atoms with Crippen LogP contribution in [0, 0.1) is 0 Å². The number of carbonyl (C=O) groups is 3. The van der Waals surface area contributed by atoms with Crippen molar-refractivity contribution in [2.24, 2.45) is 0 Å². The minimum Gasteiger partial charge on any atom is -0.462 e. The van der Waals surface area contributed by atoms with Crippen LogP contribution in [0.1, 0.15) is 226 Å². The molecule has 0 aliphatic rings. The predicted octanol–water partition coefficient (Wildman–Crippen LogP) is 18.1. The lowest BCUT2D eigenvalue weighted by Crippen LogP contribution is -2.30. The molecule has 0 aliphatic heterocycles. The number of hydrogen-bond donors (Lipinski definition) is 0. The quantitative estimate of drug-likeness (QED) is 0.0199. The fraction of sp³-hybridized carbons (Fsp3) is 0.623. The first-order valence-electron chi connectivity index (χ1n) is 27.1. The predicted molar refractivity (Wildman–Crippen MR) is 288 cm³/mol. The number of allylic oxidation sites excluding steroid dienone is 20. The summed E-state index contributed by atoms with van der Waals surface area (Å²) in [6, 6.07) is 0. The number of esters is 3. The fourth-order valence-corrected chi connectivity index (χ4v) is 6.97. The first-order chi connectivity index (χ1) is 33.0. The average molecular weight is 927 g/mol. The van der Waals surface area contributed by atoms with Crippen LogP contribution in [0.4, 0.5) is 0 Å². The highest BCUT2D eigenvalue weighted by atomic mass is 16.6. The van der Waals surface area contributed by atoms with Crippen LogP contribution in [0.5, 0.6) is 0 Å². The van der Waals surface area contributed by atoms with Gasteiger partial charge in [-0.1, -0.05) is 219 Å². The number of carbonyl (C=O) groups excluding carboxylic acids is 3. The Bertz CT molecular complexity index is 1440. The second-order valence-corrected chi connectivity index (χ2v) is 17.4. The van der Waals surface area contributed by atoms with E-state index in [0.29, 0.717) is 19.3 Å². The maximum absolute atomic E-state index is 12.8. The van der Waals surface area contributed by atoms with Crippen LogP contribution in [0.3, 0.4) is 0 Å². The van der Waals surface area contributed by atoms with E-state index in [1.54, 1.807) is 0 Å². The summed E-state index contributed by atoms with van der Waals surface area (Å²) >= 11 is 0. The lowest BCUT2D eigenvalue weighted by Gasteiger charge is -2.18. The van der Waals surface area contributed by atoms with E-state index in [-0.39, 0.29) is 44.0 Å². The molecular formula is C61H98O6. The maximum Gasteiger partial charge on any atom is 0.306 e. The summed E-state index contributed by atoms with van der Waals surface area (Å²) in [6.07, 6.45) is 74.8. The molecule has 6 heteroatoms. The van der Waals surface area contributed by atoms with Crippen molar-refractivity contribution >= 4 is 17.9 Å². The van der Waals surface area contributed by atoms with Gasteiger partial charge in [-0.05, 0) is 109 Å². The maximum atomic E-state index is 12.8. The van der Waals surface area contributed by atoms with E-state index in [1.165, 1.54) is 70.6 Å². The molecule has 0 saturated carbocycles. The van der Waals surface area contributed by atoms with Gasteiger partial charge in [0.05, 0.1) is 0 Å². The van der Waals surface area contributed by atoms with E-state index in [2.05, 4.69) is 130 Å². The molecule has 0 aromatic heterocycles. The fourth-order valence-electron chi connectivity index (χ4n) is 6.97. The minimum atomic E-state index is -0.829. The van der Waals surface area contributed by atoms with E-state index in [0.717, 1.165) is 103 Å². The Hall–Kier alpha value is -4.19. The normalized spacial score (nSPS) is 13.1. The molecule has 0 amide bonds. The molecule has 6 nitrogen and oxygen atoms in total. The smallest absolute Gasteiger partial charge is 0.306 e. The van der Waals surface area contributed by atoms with Crippen LogP contribution in [-0.2, 0) is 28.6 Å². The Morgan fingerprint density at radius 2 is 0.657 bits per heavy atom. The van der Waals surface area contributed by atoms with E-state index in [4.69, 9.17) is 14.2 Å². The first kappa shape index (κ1) is 62.8. The van der Waals surface area contributed by atoms with Crippen molar-refractivity contribution < 1.29 is 28.6 Å². The van der Waals surface area contributed by atoms with Gasteiger partial charge in [0.1, 0.15) is 13.2 Å². The Morgan fingerprint density at radius 3 is 1.10 bits per heavy atom. The molecule has 0 radical (unpaired) electrons. The van der Waals surface area contributed by atoms with E-state index < -0.39 is 6.10 Å². The Kier molecular flexibility index (Phi) is 51.0. The molecule has 0 N–H and O–H groups in total. The van der Waals surface area contributed by atoms with Gasteiger partial charge in [0.25, 0.3) is 0 Å². The van der Waals surface area contributed by atoms with Crippen LogP contribution in [0.15, 0.2) is 122 Å². The van der Waals surface area contributed by atoms with Gasteiger partial charge >= 0.3 is 17.9 Å². The molecule has 0 aliphatic carbocycles.